The number of rotatable bonds is 5. The average molecular weight is 324 g/mol. The Kier molecular flexibility index (Phi) is 4.41. The van der Waals surface area contributed by atoms with Crippen molar-refractivity contribution in [1.82, 2.24) is 30.0 Å². The molecule has 7 heteroatoms. The van der Waals surface area contributed by atoms with Crippen LogP contribution in [0.15, 0.2) is 36.9 Å². The summed E-state index contributed by atoms with van der Waals surface area (Å²) in [4.78, 5) is 23.9. The highest BCUT2D eigenvalue weighted by Crippen LogP contribution is 2.21. The van der Waals surface area contributed by atoms with Gasteiger partial charge < -0.3 is 10.3 Å². The monoisotopic (exact) mass is 324 g/mol. The molecule has 0 spiro atoms. The fourth-order valence-corrected chi connectivity index (χ4v) is 2.63. The molecule has 0 radical (unpaired) electrons. The van der Waals surface area contributed by atoms with Crippen LogP contribution in [0, 0.1) is 13.8 Å². The molecule has 3 aromatic rings. The molecule has 2 aromatic heterocycles. The first-order chi connectivity index (χ1) is 11.5. The van der Waals surface area contributed by atoms with Crippen molar-refractivity contribution in [2.45, 2.75) is 33.4 Å². The van der Waals surface area contributed by atoms with Crippen molar-refractivity contribution in [2.24, 2.45) is 0 Å². The third-order valence-corrected chi connectivity index (χ3v) is 3.73. The Labute approximate surface area is 140 Å². The quantitative estimate of drug-likeness (QED) is 0.752. The zero-order valence-corrected chi connectivity index (χ0v) is 13.9. The maximum absolute atomic E-state index is 12.3. The summed E-state index contributed by atoms with van der Waals surface area (Å²) < 4.78 is 1.69. The molecule has 1 atom stereocenters. The first-order valence-corrected chi connectivity index (χ1v) is 7.80. The summed E-state index contributed by atoms with van der Waals surface area (Å²) in [6.45, 7) is 6.43. The molecular formula is C17H20N6O. The van der Waals surface area contributed by atoms with Crippen LogP contribution in [-0.4, -0.2) is 36.7 Å². The number of benzene rings is 1. The van der Waals surface area contributed by atoms with Crippen LogP contribution in [-0.2, 0) is 6.54 Å². The van der Waals surface area contributed by atoms with Crippen molar-refractivity contribution in [3.63, 3.8) is 0 Å². The molecule has 1 unspecified atom stereocenters. The van der Waals surface area contributed by atoms with Gasteiger partial charge in [-0.05, 0) is 32.9 Å². The smallest absolute Gasteiger partial charge is 0.251 e. The number of amides is 1. The second-order valence-corrected chi connectivity index (χ2v) is 5.87. The van der Waals surface area contributed by atoms with E-state index in [0.29, 0.717) is 12.1 Å². The van der Waals surface area contributed by atoms with Crippen LogP contribution < -0.4 is 5.32 Å². The minimum atomic E-state index is -0.107. The first-order valence-electron chi connectivity index (χ1n) is 7.80. The molecule has 3 rings (SSSR count). The highest BCUT2D eigenvalue weighted by Gasteiger charge is 2.12. The van der Waals surface area contributed by atoms with Crippen LogP contribution in [0.4, 0.5) is 0 Å². The number of hydrogen-bond acceptors (Lipinski definition) is 4. The summed E-state index contributed by atoms with van der Waals surface area (Å²) in [5.74, 6) is 0.773. The van der Waals surface area contributed by atoms with E-state index < -0.39 is 0 Å². The number of carbonyl (C=O) groups is 1. The number of hydrogen-bond donors (Lipinski definition) is 2. The molecule has 124 valence electrons. The summed E-state index contributed by atoms with van der Waals surface area (Å²) in [7, 11) is 0. The molecule has 0 aliphatic heterocycles. The lowest BCUT2D eigenvalue weighted by Crippen LogP contribution is -2.35. The molecule has 24 heavy (non-hydrogen) atoms. The second kappa shape index (κ2) is 6.66. The van der Waals surface area contributed by atoms with Crippen LogP contribution in [0.25, 0.3) is 11.3 Å². The van der Waals surface area contributed by atoms with Gasteiger partial charge in [0, 0.05) is 22.9 Å². The average Bonchev–Trinajstić information content (AvgIpc) is 3.16. The van der Waals surface area contributed by atoms with Crippen LogP contribution in [0.2, 0.25) is 0 Å². The van der Waals surface area contributed by atoms with Gasteiger partial charge in [-0.25, -0.2) is 9.97 Å². The highest BCUT2D eigenvalue weighted by atomic mass is 16.1. The largest absolute Gasteiger partial charge is 0.348 e. The molecule has 0 bridgehead atoms. The van der Waals surface area contributed by atoms with Crippen LogP contribution in [0.5, 0.6) is 0 Å². The van der Waals surface area contributed by atoms with Gasteiger partial charge in [0.25, 0.3) is 5.91 Å². The summed E-state index contributed by atoms with van der Waals surface area (Å²) in [5, 5.41) is 7.00. The lowest BCUT2D eigenvalue weighted by Gasteiger charge is -2.13. The lowest BCUT2D eigenvalue weighted by atomic mass is 10.1. The van der Waals surface area contributed by atoms with E-state index in [-0.39, 0.29) is 11.9 Å². The fourth-order valence-electron chi connectivity index (χ4n) is 2.63. The molecule has 2 heterocycles. The molecule has 0 aliphatic rings. The van der Waals surface area contributed by atoms with Gasteiger partial charge in [-0.15, -0.1) is 0 Å². The third kappa shape index (κ3) is 3.51. The number of aromatic amines is 1. The maximum atomic E-state index is 12.3. The SMILES string of the molecule is Cc1nc(-c2ccc(C(=O)NC(C)Cn3cncn3)cc2)c(C)[nH]1. The van der Waals surface area contributed by atoms with Gasteiger partial charge in [-0.3, -0.25) is 9.48 Å². The van der Waals surface area contributed by atoms with E-state index in [9.17, 15) is 4.79 Å². The number of imidazole rings is 1. The molecule has 1 amide bonds. The van der Waals surface area contributed by atoms with Crippen molar-refractivity contribution in [1.29, 1.82) is 0 Å². The Morgan fingerprint density at radius 1 is 1.29 bits per heavy atom. The van der Waals surface area contributed by atoms with E-state index in [4.69, 9.17) is 0 Å². The van der Waals surface area contributed by atoms with Crippen molar-refractivity contribution < 1.29 is 4.79 Å². The van der Waals surface area contributed by atoms with E-state index in [1.807, 2.05) is 45.0 Å². The lowest BCUT2D eigenvalue weighted by molar-refractivity contribution is 0.0936. The Balaban J connectivity index is 1.66. The first kappa shape index (κ1) is 15.9. The molecular weight excluding hydrogens is 304 g/mol. The predicted octanol–water partition coefficient (Wildman–Crippen LogP) is 2.10. The van der Waals surface area contributed by atoms with Crippen molar-refractivity contribution >= 4 is 5.91 Å². The van der Waals surface area contributed by atoms with Crippen LogP contribution in [0.1, 0.15) is 28.8 Å². The van der Waals surface area contributed by atoms with E-state index in [0.717, 1.165) is 22.8 Å². The van der Waals surface area contributed by atoms with Gasteiger partial charge in [-0.1, -0.05) is 12.1 Å². The minimum Gasteiger partial charge on any atom is -0.348 e. The van der Waals surface area contributed by atoms with Gasteiger partial charge in [0.15, 0.2) is 0 Å². The van der Waals surface area contributed by atoms with Crippen LogP contribution >= 0.6 is 0 Å². The van der Waals surface area contributed by atoms with Gasteiger partial charge in [0.05, 0.1) is 12.2 Å². The fraction of sp³-hybridized carbons (Fsp3) is 0.294. The molecule has 0 aliphatic carbocycles. The normalized spacial score (nSPS) is 12.1. The third-order valence-electron chi connectivity index (χ3n) is 3.73. The number of aryl methyl sites for hydroxylation is 2. The number of nitrogens with one attached hydrogen (secondary N) is 2. The molecule has 1 aromatic carbocycles. The minimum absolute atomic E-state index is 0.0462. The second-order valence-electron chi connectivity index (χ2n) is 5.87. The summed E-state index contributed by atoms with van der Waals surface area (Å²) in [5.41, 5.74) is 3.54. The van der Waals surface area contributed by atoms with Gasteiger partial charge in [-0.2, -0.15) is 5.10 Å². The van der Waals surface area contributed by atoms with E-state index in [1.54, 1.807) is 11.0 Å². The zero-order valence-electron chi connectivity index (χ0n) is 13.9. The Morgan fingerprint density at radius 2 is 2.04 bits per heavy atom. The molecule has 7 nitrogen and oxygen atoms in total. The Bertz CT molecular complexity index is 819. The number of nitrogens with zero attached hydrogens (tertiary/aromatic N) is 4. The topological polar surface area (TPSA) is 88.5 Å². The van der Waals surface area contributed by atoms with Crippen molar-refractivity contribution in [3.05, 3.63) is 54.0 Å². The summed E-state index contributed by atoms with van der Waals surface area (Å²) >= 11 is 0. The van der Waals surface area contributed by atoms with E-state index >= 15 is 0 Å². The maximum Gasteiger partial charge on any atom is 0.251 e. The van der Waals surface area contributed by atoms with Gasteiger partial charge >= 0.3 is 0 Å². The summed E-state index contributed by atoms with van der Waals surface area (Å²) in [6, 6.07) is 7.42. The highest BCUT2D eigenvalue weighted by molar-refractivity contribution is 5.94. The number of carbonyl (C=O) groups excluding carboxylic acids is 1. The molecule has 0 fully saturated rings. The Morgan fingerprint density at radius 3 is 2.62 bits per heavy atom. The van der Waals surface area contributed by atoms with Crippen LogP contribution in [0.3, 0.4) is 0 Å². The number of H-pyrrole nitrogens is 1. The van der Waals surface area contributed by atoms with Gasteiger partial charge in [0.2, 0.25) is 0 Å². The molecule has 0 saturated heterocycles. The predicted molar refractivity (Wildman–Crippen MR) is 90.4 cm³/mol. The molecule has 2 N–H and O–H groups in total. The summed E-state index contributed by atoms with van der Waals surface area (Å²) in [6.07, 6.45) is 3.11. The van der Waals surface area contributed by atoms with E-state index in [1.165, 1.54) is 6.33 Å². The van der Waals surface area contributed by atoms with Gasteiger partial charge in [0.1, 0.15) is 18.5 Å². The Hall–Kier alpha value is -2.96. The van der Waals surface area contributed by atoms with Crippen molar-refractivity contribution in [3.8, 4) is 11.3 Å². The standard InChI is InChI=1S/C17H20N6O/c1-11(8-23-10-18-9-19-23)20-17(24)15-6-4-14(5-7-15)16-12(2)21-13(3)22-16/h4-7,9-11H,8H2,1-3H3,(H,20,24)(H,21,22). The molecule has 0 saturated carbocycles. The zero-order chi connectivity index (χ0) is 17.1. The van der Waals surface area contributed by atoms with Crippen molar-refractivity contribution in [2.75, 3.05) is 0 Å². The van der Waals surface area contributed by atoms with E-state index in [2.05, 4.69) is 25.4 Å². The number of aromatic nitrogens is 5.